The fourth-order valence-electron chi connectivity index (χ4n) is 2.69. The molecule has 0 aromatic carbocycles. The van der Waals surface area contributed by atoms with Crippen molar-refractivity contribution in [3.05, 3.63) is 0 Å². The summed E-state index contributed by atoms with van der Waals surface area (Å²) in [5, 5.41) is 3.19. The van der Waals surface area contributed by atoms with Gasteiger partial charge in [0.15, 0.2) is 0 Å². The van der Waals surface area contributed by atoms with Crippen LogP contribution in [0.25, 0.3) is 0 Å². The van der Waals surface area contributed by atoms with Gasteiger partial charge in [-0.25, -0.2) is 0 Å². The van der Waals surface area contributed by atoms with Gasteiger partial charge in [-0.15, -0.1) is 0 Å². The third-order valence-electron chi connectivity index (χ3n) is 3.70. The van der Waals surface area contributed by atoms with E-state index >= 15 is 0 Å². The second-order valence-electron chi connectivity index (χ2n) is 5.10. The van der Waals surface area contributed by atoms with Crippen LogP contribution in [0.3, 0.4) is 0 Å². The largest absolute Gasteiger partial charge is 0.326 e. The smallest absolute Gasteiger partial charge is 0.237 e. The van der Waals surface area contributed by atoms with Crippen molar-refractivity contribution in [2.24, 2.45) is 5.41 Å². The fourth-order valence-corrected chi connectivity index (χ4v) is 2.69. The van der Waals surface area contributed by atoms with Crippen molar-refractivity contribution in [1.82, 2.24) is 10.2 Å². The first-order chi connectivity index (χ1) is 6.61. The maximum Gasteiger partial charge on any atom is 0.237 e. The van der Waals surface area contributed by atoms with E-state index in [1.165, 1.54) is 25.7 Å². The number of hydrogen-bond donors (Lipinski definition) is 1. The monoisotopic (exact) mass is 196 g/mol. The third-order valence-corrected chi connectivity index (χ3v) is 3.70. The summed E-state index contributed by atoms with van der Waals surface area (Å²) in [6, 6.07) is 0. The standard InChI is InChI=1S/C11H20N2O/c1-9-12-7-10(14)13(9)8-11(2)5-3-4-6-11/h9,12H,3-8H2,1-2H3. The second-order valence-corrected chi connectivity index (χ2v) is 5.10. The van der Waals surface area contributed by atoms with Gasteiger partial charge in [0.05, 0.1) is 12.7 Å². The van der Waals surface area contributed by atoms with Crippen molar-refractivity contribution in [2.45, 2.75) is 45.7 Å². The first kappa shape index (κ1) is 9.97. The van der Waals surface area contributed by atoms with Crippen LogP contribution in [0, 0.1) is 5.41 Å². The van der Waals surface area contributed by atoms with E-state index in [0.29, 0.717) is 12.0 Å². The zero-order valence-corrected chi connectivity index (χ0v) is 9.18. The Morgan fingerprint density at radius 1 is 1.50 bits per heavy atom. The summed E-state index contributed by atoms with van der Waals surface area (Å²) in [6.45, 7) is 5.86. The van der Waals surface area contributed by atoms with Crippen molar-refractivity contribution >= 4 is 5.91 Å². The Labute approximate surface area is 85.8 Å². The van der Waals surface area contributed by atoms with Gasteiger partial charge in [-0.3, -0.25) is 10.1 Å². The second kappa shape index (κ2) is 3.54. The van der Waals surface area contributed by atoms with Crippen LogP contribution in [0.15, 0.2) is 0 Å². The van der Waals surface area contributed by atoms with Gasteiger partial charge < -0.3 is 4.90 Å². The molecular weight excluding hydrogens is 176 g/mol. The first-order valence-corrected chi connectivity index (χ1v) is 5.64. The van der Waals surface area contributed by atoms with Gasteiger partial charge in [-0.2, -0.15) is 0 Å². The number of carbonyl (C=O) groups excluding carboxylic acids is 1. The molecule has 1 heterocycles. The number of amides is 1. The Morgan fingerprint density at radius 2 is 2.14 bits per heavy atom. The number of hydrogen-bond acceptors (Lipinski definition) is 2. The third kappa shape index (κ3) is 1.78. The van der Waals surface area contributed by atoms with Gasteiger partial charge in [0.2, 0.25) is 5.91 Å². The van der Waals surface area contributed by atoms with Crippen LogP contribution >= 0.6 is 0 Å². The fraction of sp³-hybridized carbons (Fsp3) is 0.909. The molecule has 1 atom stereocenters. The molecule has 3 nitrogen and oxygen atoms in total. The summed E-state index contributed by atoms with van der Waals surface area (Å²) in [5.41, 5.74) is 0.385. The molecule has 2 rings (SSSR count). The predicted octanol–water partition coefficient (Wildman–Crippen LogP) is 1.34. The molecule has 0 radical (unpaired) electrons. The van der Waals surface area contributed by atoms with Crippen molar-refractivity contribution in [3.63, 3.8) is 0 Å². The Morgan fingerprint density at radius 3 is 2.64 bits per heavy atom. The molecule has 1 aliphatic carbocycles. The predicted molar refractivity (Wildman–Crippen MR) is 55.8 cm³/mol. The number of carbonyl (C=O) groups is 1. The molecule has 1 N–H and O–H groups in total. The van der Waals surface area contributed by atoms with Crippen LogP contribution < -0.4 is 5.32 Å². The SMILES string of the molecule is CC1NCC(=O)N1CC1(C)CCCC1. The summed E-state index contributed by atoms with van der Waals surface area (Å²) >= 11 is 0. The van der Waals surface area contributed by atoms with Crippen LogP contribution in [0.2, 0.25) is 0 Å². The lowest BCUT2D eigenvalue weighted by atomic mass is 9.88. The van der Waals surface area contributed by atoms with Gasteiger partial charge in [0.1, 0.15) is 0 Å². The van der Waals surface area contributed by atoms with Crippen LogP contribution in [-0.4, -0.2) is 30.1 Å². The molecule has 3 heteroatoms. The van der Waals surface area contributed by atoms with Gasteiger partial charge in [-0.1, -0.05) is 19.8 Å². The van der Waals surface area contributed by atoms with Crippen molar-refractivity contribution in [3.8, 4) is 0 Å². The number of rotatable bonds is 2. The average Bonchev–Trinajstić information content (AvgIpc) is 2.68. The van der Waals surface area contributed by atoms with Crippen LogP contribution in [0.1, 0.15) is 39.5 Å². The Balaban J connectivity index is 1.98. The summed E-state index contributed by atoms with van der Waals surface area (Å²) in [4.78, 5) is 13.6. The molecule has 1 aliphatic heterocycles. The summed E-state index contributed by atoms with van der Waals surface area (Å²) < 4.78 is 0. The molecule has 1 saturated carbocycles. The highest BCUT2D eigenvalue weighted by molar-refractivity contribution is 5.80. The Bertz CT molecular complexity index is 233. The van der Waals surface area contributed by atoms with Crippen molar-refractivity contribution in [2.75, 3.05) is 13.1 Å². The van der Waals surface area contributed by atoms with Crippen LogP contribution in [-0.2, 0) is 4.79 Å². The molecule has 0 aromatic heterocycles. The molecule has 0 spiro atoms. The maximum atomic E-state index is 11.6. The highest BCUT2D eigenvalue weighted by atomic mass is 16.2. The molecule has 0 aromatic rings. The van der Waals surface area contributed by atoms with Crippen molar-refractivity contribution < 1.29 is 4.79 Å². The van der Waals surface area contributed by atoms with Gasteiger partial charge >= 0.3 is 0 Å². The summed E-state index contributed by atoms with van der Waals surface area (Å²) in [6.07, 6.45) is 5.47. The van der Waals surface area contributed by atoms with E-state index in [0.717, 1.165) is 6.54 Å². The molecule has 2 fully saturated rings. The maximum absolute atomic E-state index is 11.6. The van der Waals surface area contributed by atoms with Crippen LogP contribution in [0.4, 0.5) is 0 Å². The lowest BCUT2D eigenvalue weighted by Gasteiger charge is -2.31. The molecule has 14 heavy (non-hydrogen) atoms. The average molecular weight is 196 g/mol. The molecule has 1 unspecified atom stereocenters. The zero-order valence-electron chi connectivity index (χ0n) is 9.18. The highest BCUT2D eigenvalue weighted by Crippen LogP contribution is 2.38. The Kier molecular flexibility index (Phi) is 2.52. The number of nitrogens with zero attached hydrogens (tertiary/aromatic N) is 1. The number of nitrogens with one attached hydrogen (secondary N) is 1. The van der Waals surface area contributed by atoms with Gasteiger partial charge in [0.25, 0.3) is 0 Å². The van der Waals surface area contributed by atoms with Gasteiger partial charge in [0, 0.05) is 6.54 Å². The minimum atomic E-state index is 0.236. The van der Waals surface area contributed by atoms with E-state index in [-0.39, 0.29) is 12.1 Å². The minimum absolute atomic E-state index is 0.236. The van der Waals surface area contributed by atoms with Crippen LogP contribution in [0.5, 0.6) is 0 Å². The van der Waals surface area contributed by atoms with E-state index in [1.807, 2.05) is 4.90 Å². The normalized spacial score (nSPS) is 31.4. The topological polar surface area (TPSA) is 32.3 Å². The molecule has 1 amide bonds. The minimum Gasteiger partial charge on any atom is -0.326 e. The molecule has 80 valence electrons. The van der Waals surface area contributed by atoms with E-state index < -0.39 is 0 Å². The lowest BCUT2D eigenvalue weighted by molar-refractivity contribution is -0.129. The van der Waals surface area contributed by atoms with Gasteiger partial charge in [-0.05, 0) is 25.2 Å². The zero-order chi connectivity index (χ0) is 10.2. The molecule has 0 bridgehead atoms. The van der Waals surface area contributed by atoms with E-state index in [9.17, 15) is 4.79 Å². The quantitative estimate of drug-likeness (QED) is 0.723. The molecular formula is C11H20N2O. The molecule has 1 saturated heterocycles. The van der Waals surface area contributed by atoms with E-state index in [4.69, 9.17) is 0 Å². The lowest BCUT2D eigenvalue weighted by Crippen LogP contribution is -2.41. The first-order valence-electron chi connectivity index (χ1n) is 5.64. The van der Waals surface area contributed by atoms with Crippen molar-refractivity contribution in [1.29, 1.82) is 0 Å². The van der Waals surface area contributed by atoms with E-state index in [1.54, 1.807) is 0 Å². The highest BCUT2D eigenvalue weighted by Gasteiger charge is 2.36. The van der Waals surface area contributed by atoms with E-state index in [2.05, 4.69) is 19.2 Å². The molecule has 2 aliphatic rings. The summed E-state index contributed by atoms with van der Waals surface area (Å²) in [7, 11) is 0. The summed E-state index contributed by atoms with van der Waals surface area (Å²) in [5.74, 6) is 0.269. The Hall–Kier alpha value is -0.570.